The molecule has 2 rings (SSSR count). The number of aromatic nitrogens is 1. The van der Waals surface area contributed by atoms with Gasteiger partial charge >= 0.3 is 0 Å². The van der Waals surface area contributed by atoms with Crippen LogP contribution in [0.3, 0.4) is 0 Å². The number of nitrogens with two attached hydrogens (primary N) is 1. The van der Waals surface area contributed by atoms with Crippen LogP contribution in [0.4, 0.5) is 5.69 Å². The second kappa shape index (κ2) is 5.92. The Morgan fingerprint density at radius 2 is 2.17 bits per heavy atom. The number of rotatable bonds is 3. The molecule has 0 spiro atoms. The number of anilines is 1. The first-order chi connectivity index (χ1) is 8.69. The number of nitrogens with one attached hydrogen (secondary N) is 1. The van der Waals surface area contributed by atoms with Gasteiger partial charge in [0.05, 0.1) is 5.69 Å². The highest BCUT2D eigenvalue weighted by molar-refractivity contribution is 14.1. The highest BCUT2D eigenvalue weighted by atomic mass is 127. The fourth-order valence-corrected chi connectivity index (χ4v) is 2.04. The molecule has 1 heterocycles. The van der Waals surface area contributed by atoms with E-state index in [-0.39, 0.29) is 5.91 Å². The lowest BCUT2D eigenvalue weighted by atomic mass is 10.2. The summed E-state index contributed by atoms with van der Waals surface area (Å²) in [5, 5.41) is 2.84. The van der Waals surface area contributed by atoms with Crippen molar-refractivity contribution in [2.24, 2.45) is 5.73 Å². The van der Waals surface area contributed by atoms with Crippen LogP contribution in [-0.2, 0) is 6.54 Å². The second-order valence-corrected chi connectivity index (χ2v) is 4.95. The van der Waals surface area contributed by atoms with E-state index in [1.807, 2.05) is 24.3 Å². The monoisotopic (exact) mass is 353 g/mol. The van der Waals surface area contributed by atoms with Gasteiger partial charge in [-0.1, -0.05) is 6.07 Å². The van der Waals surface area contributed by atoms with E-state index in [9.17, 15) is 4.79 Å². The van der Waals surface area contributed by atoms with Gasteiger partial charge in [0.2, 0.25) is 0 Å². The number of hydrogen-bond donors (Lipinski definition) is 2. The topological polar surface area (TPSA) is 68.0 Å². The molecule has 0 radical (unpaired) electrons. The van der Waals surface area contributed by atoms with Crippen LogP contribution >= 0.6 is 22.6 Å². The van der Waals surface area contributed by atoms with E-state index < -0.39 is 0 Å². The van der Waals surface area contributed by atoms with Crippen molar-refractivity contribution in [3.05, 3.63) is 57.4 Å². The molecule has 0 unspecified atom stereocenters. The molecule has 0 saturated heterocycles. The first-order valence-corrected chi connectivity index (χ1v) is 6.49. The molecule has 0 aliphatic heterocycles. The van der Waals surface area contributed by atoms with E-state index >= 15 is 0 Å². The first-order valence-electron chi connectivity index (χ1n) is 5.41. The van der Waals surface area contributed by atoms with Crippen molar-refractivity contribution in [3.8, 4) is 0 Å². The zero-order valence-corrected chi connectivity index (χ0v) is 11.7. The Morgan fingerprint density at radius 1 is 1.33 bits per heavy atom. The highest BCUT2D eigenvalue weighted by Crippen LogP contribution is 2.13. The first kappa shape index (κ1) is 13.0. The molecule has 1 aromatic heterocycles. The molecule has 18 heavy (non-hydrogen) atoms. The molecular weight excluding hydrogens is 341 g/mol. The van der Waals surface area contributed by atoms with Gasteiger partial charge in [-0.3, -0.25) is 9.78 Å². The minimum atomic E-state index is -0.158. The van der Waals surface area contributed by atoms with Gasteiger partial charge in [0.15, 0.2) is 0 Å². The Kier molecular flexibility index (Phi) is 4.27. The summed E-state index contributed by atoms with van der Waals surface area (Å²) < 4.78 is 1.07. The largest absolute Gasteiger partial charge is 0.325 e. The van der Waals surface area contributed by atoms with E-state index in [1.165, 1.54) is 0 Å². The summed E-state index contributed by atoms with van der Waals surface area (Å²) in [7, 11) is 0. The summed E-state index contributed by atoms with van der Waals surface area (Å²) in [5.74, 6) is -0.158. The Labute approximate surface area is 119 Å². The third kappa shape index (κ3) is 3.27. The molecule has 0 aliphatic rings. The maximum absolute atomic E-state index is 12.0. The lowest BCUT2D eigenvalue weighted by molar-refractivity contribution is 0.102. The minimum Gasteiger partial charge on any atom is -0.325 e. The maximum Gasteiger partial charge on any atom is 0.255 e. The number of halogens is 1. The fourth-order valence-electron chi connectivity index (χ4n) is 1.50. The van der Waals surface area contributed by atoms with Crippen LogP contribution in [0.5, 0.6) is 0 Å². The zero-order valence-electron chi connectivity index (χ0n) is 9.56. The molecule has 0 fully saturated rings. The van der Waals surface area contributed by atoms with Crippen LogP contribution in [0, 0.1) is 3.57 Å². The number of hydrogen-bond acceptors (Lipinski definition) is 3. The molecule has 4 nitrogen and oxygen atoms in total. The smallest absolute Gasteiger partial charge is 0.255 e. The Hall–Kier alpha value is -1.47. The molecule has 2 aromatic rings. The fraction of sp³-hybridized carbons (Fsp3) is 0.0769. The molecule has 1 amide bonds. The average Bonchev–Trinajstić information content (AvgIpc) is 2.39. The van der Waals surface area contributed by atoms with Crippen molar-refractivity contribution in [3.63, 3.8) is 0 Å². The molecule has 1 aromatic carbocycles. The molecule has 0 aliphatic carbocycles. The van der Waals surface area contributed by atoms with Crippen LogP contribution in [-0.4, -0.2) is 10.9 Å². The minimum absolute atomic E-state index is 0.158. The summed E-state index contributed by atoms with van der Waals surface area (Å²) in [6.07, 6.45) is 1.59. The lowest BCUT2D eigenvalue weighted by Crippen LogP contribution is -2.13. The molecule has 92 valence electrons. The third-order valence-corrected chi connectivity index (χ3v) is 3.04. The van der Waals surface area contributed by atoms with Crippen LogP contribution in [0.25, 0.3) is 0 Å². The quantitative estimate of drug-likeness (QED) is 0.833. The number of nitrogens with zero attached hydrogens (tertiary/aromatic N) is 1. The van der Waals surface area contributed by atoms with Crippen LogP contribution < -0.4 is 11.1 Å². The summed E-state index contributed by atoms with van der Waals surface area (Å²) >= 11 is 2.20. The Morgan fingerprint density at radius 3 is 2.89 bits per heavy atom. The van der Waals surface area contributed by atoms with E-state index in [0.29, 0.717) is 17.8 Å². The van der Waals surface area contributed by atoms with Crippen molar-refractivity contribution in [2.45, 2.75) is 6.54 Å². The van der Waals surface area contributed by atoms with Gasteiger partial charge in [0.1, 0.15) is 0 Å². The number of benzene rings is 1. The van der Waals surface area contributed by atoms with E-state index in [2.05, 4.69) is 32.9 Å². The maximum atomic E-state index is 12.0. The molecule has 0 saturated carbocycles. The van der Waals surface area contributed by atoms with Crippen molar-refractivity contribution >= 4 is 34.2 Å². The molecule has 0 bridgehead atoms. The summed E-state index contributed by atoms with van der Waals surface area (Å²) in [6.45, 7) is 0.324. The number of carbonyl (C=O) groups excluding carboxylic acids is 1. The number of carbonyl (C=O) groups is 1. The standard InChI is InChI=1S/C13H12IN3O/c14-10-2-1-3-11(7-10)17-13(18)9-4-5-16-12(6-9)8-15/h1-7H,8,15H2,(H,17,18). The van der Waals surface area contributed by atoms with Crippen molar-refractivity contribution in [1.82, 2.24) is 4.98 Å². The van der Waals surface area contributed by atoms with Gasteiger partial charge in [-0.25, -0.2) is 0 Å². The Balaban J connectivity index is 2.16. The van der Waals surface area contributed by atoms with Crippen molar-refractivity contribution in [1.29, 1.82) is 0 Å². The molecule has 0 atom stereocenters. The van der Waals surface area contributed by atoms with Crippen LogP contribution in [0.2, 0.25) is 0 Å². The van der Waals surface area contributed by atoms with Gasteiger partial charge in [0.25, 0.3) is 5.91 Å². The van der Waals surface area contributed by atoms with Crippen LogP contribution in [0.15, 0.2) is 42.6 Å². The normalized spacial score (nSPS) is 10.1. The van der Waals surface area contributed by atoms with Gasteiger partial charge in [-0.05, 0) is 52.9 Å². The number of amides is 1. The number of pyridine rings is 1. The molecule has 3 N–H and O–H groups in total. The van der Waals surface area contributed by atoms with Gasteiger partial charge in [-0.2, -0.15) is 0 Å². The van der Waals surface area contributed by atoms with Crippen molar-refractivity contribution in [2.75, 3.05) is 5.32 Å². The second-order valence-electron chi connectivity index (χ2n) is 3.70. The molecular formula is C13H12IN3O. The highest BCUT2D eigenvalue weighted by Gasteiger charge is 2.07. The predicted molar refractivity (Wildman–Crippen MR) is 79.2 cm³/mol. The Bertz CT molecular complexity index is 572. The molecule has 5 heteroatoms. The van der Waals surface area contributed by atoms with Gasteiger partial charge in [0, 0.05) is 27.6 Å². The summed E-state index contributed by atoms with van der Waals surface area (Å²) in [6, 6.07) is 11.0. The lowest BCUT2D eigenvalue weighted by Gasteiger charge is -2.06. The average molecular weight is 353 g/mol. The van der Waals surface area contributed by atoms with E-state index in [4.69, 9.17) is 5.73 Å². The SMILES string of the molecule is NCc1cc(C(=O)Nc2cccc(I)c2)ccn1. The van der Waals surface area contributed by atoms with Gasteiger partial charge < -0.3 is 11.1 Å². The predicted octanol–water partition coefficient (Wildman–Crippen LogP) is 2.40. The zero-order chi connectivity index (χ0) is 13.0. The van der Waals surface area contributed by atoms with E-state index in [1.54, 1.807) is 18.3 Å². The van der Waals surface area contributed by atoms with E-state index in [0.717, 1.165) is 9.26 Å². The third-order valence-electron chi connectivity index (χ3n) is 2.37. The summed E-state index contributed by atoms with van der Waals surface area (Å²) in [4.78, 5) is 16.1. The van der Waals surface area contributed by atoms with Crippen LogP contribution in [0.1, 0.15) is 16.1 Å². The van der Waals surface area contributed by atoms with Gasteiger partial charge in [-0.15, -0.1) is 0 Å². The summed E-state index contributed by atoms with van der Waals surface area (Å²) in [5.41, 5.74) is 7.53. The van der Waals surface area contributed by atoms with Crippen molar-refractivity contribution < 1.29 is 4.79 Å².